The second-order valence-electron chi connectivity index (χ2n) is 14.8. The molecular weight excluding hydrogens is 758 g/mol. The van der Waals surface area contributed by atoms with Crippen LogP contribution in [0.4, 0.5) is 21.5 Å². The molecule has 0 bridgehead atoms. The summed E-state index contributed by atoms with van der Waals surface area (Å²) in [6.45, 7) is 1.06. The number of imidazole rings is 1. The molecule has 4 heterocycles. The molecule has 3 aromatic heterocycles. The summed E-state index contributed by atoms with van der Waals surface area (Å²) in [6, 6.07) is 13.8. The SMILES string of the molecule is CNCCCCCCc1ccc(N(C=O)C2CCC(=O)NC2=O)c(N(C)C)c1.CNc1cc(-c2cnn(-c3cccc(C=O)c3)c2)nn2c(C(=O)NC3CC3F)cnc12. The van der Waals surface area contributed by atoms with Gasteiger partial charge in [0.1, 0.15) is 18.5 Å². The number of anilines is 3. The Hall–Kier alpha value is -6.49. The number of hydrogen-bond donors (Lipinski definition) is 4. The Morgan fingerprint density at radius 2 is 1.81 bits per heavy atom. The summed E-state index contributed by atoms with van der Waals surface area (Å²) in [4.78, 5) is 66.8. The van der Waals surface area contributed by atoms with Gasteiger partial charge in [-0.15, -0.1) is 0 Å². The highest BCUT2D eigenvalue weighted by Gasteiger charge is 2.39. The predicted molar refractivity (Wildman–Crippen MR) is 223 cm³/mol. The van der Waals surface area contributed by atoms with Crippen molar-refractivity contribution in [3.63, 3.8) is 0 Å². The van der Waals surface area contributed by atoms with E-state index in [0.717, 1.165) is 37.0 Å². The molecule has 2 aromatic carbocycles. The average molecular weight is 808 g/mol. The molecular formula is C42H50FN11O5. The van der Waals surface area contributed by atoms with E-state index in [4.69, 9.17) is 0 Å². The van der Waals surface area contributed by atoms with Crippen LogP contribution < -0.4 is 31.1 Å². The second kappa shape index (κ2) is 19.3. The van der Waals surface area contributed by atoms with E-state index in [-0.39, 0.29) is 18.0 Å². The fourth-order valence-electron chi connectivity index (χ4n) is 6.87. The van der Waals surface area contributed by atoms with E-state index in [0.29, 0.717) is 53.1 Å². The number of aldehydes is 1. The van der Waals surface area contributed by atoms with Crippen molar-refractivity contribution in [2.75, 3.05) is 49.9 Å². The topological polar surface area (TPSA) is 188 Å². The summed E-state index contributed by atoms with van der Waals surface area (Å²) >= 11 is 0. The molecule has 2 fully saturated rings. The van der Waals surface area contributed by atoms with Gasteiger partial charge >= 0.3 is 0 Å². The minimum atomic E-state index is -0.997. The summed E-state index contributed by atoms with van der Waals surface area (Å²) in [5.74, 6) is -1.13. The van der Waals surface area contributed by atoms with Gasteiger partial charge in [0.05, 0.1) is 46.9 Å². The number of aryl methyl sites for hydroxylation is 1. The van der Waals surface area contributed by atoms with Crippen molar-refractivity contribution in [2.24, 2.45) is 0 Å². The van der Waals surface area contributed by atoms with E-state index >= 15 is 0 Å². The zero-order valence-corrected chi connectivity index (χ0v) is 33.7. The standard InChI is InChI=1S/C21H18FN7O2.C21H32N4O3/c1-23-18-7-16(13-8-25-28(10-13)14-4-2-3-12(5-14)11-30)27-29-19(9-24-20(18)29)21(31)26-17-6-15(17)22;1-22-13-7-5-4-6-8-16-9-10-17(19(14-16)24(2)3)25(15-26)18-11-12-20(27)23-21(18)28/h2-5,7-11,15,17,23H,6H2,1H3,(H,26,31);9-10,14-15,18,22H,4-8,11-13H2,1-3H3,(H,23,27,28). The summed E-state index contributed by atoms with van der Waals surface area (Å²) in [6.07, 6.45) is 11.9. The van der Waals surface area contributed by atoms with E-state index in [2.05, 4.69) is 42.5 Å². The number of carbonyl (C=O) groups is 5. The number of benzene rings is 2. The van der Waals surface area contributed by atoms with Crippen LogP contribution in [0.3, 0.4) is 0 Å². The van der Waals surface area contributed by atoms with Gasteiger partial charge in [-0.25, -0.2) is 18.6 Å². The fourth-order valence-corrected chi connectivity index (χ4v) is 6.87. The largest absolute Gasteiger partial charge is 0.385 e. The number of rotatable bonds is 17. The van der Waals surface area contributed by atoms with Crippen LogP contribution >= 0.6 is 0 Å². The summed E-state index contributed by atoms with van der Waals surface area (Å²) in [5.41, 5.74) is 6.73. The zero-order chi connectivity index (χ0) is 42.1. The quantitative estimate of drug-likeness (QED) is 0.0602. The van der Waals surface area contributed by atoms with Crippen LogP contribution in [0.1, 0.15) is 71.4 Å². The molecule has 3 atom stereocenters. The molecule has 16 nitrogen and oxygen atoms in total. The normalized spacial score (nSPS) is 17.1. The molecule has 4 amide bonds. The van der Waals surface area contributed by atoms with Crippen LogP contribution in [-0.2, 0) is 20.8 Å². The lowest BCUT2D eigenvalue weighted by Crippen LogP contribution is -2.52. The van der Waals surface area contributed by atoms with E-state index in [1.807, 2.05) is 50.3 Å². The number of imide groups is 1. The smallest absolute Gasteiger partial charge is 0.271 e. The molecule has 1 saturated carbocycles. The average Bonchev–Trinajstić information content (AvgIpc) is 3.56. The Bertz CT molecular complexity index is 2310. The Labute approximate surface area is 341 Å². The Balaban J connectivity index is 0.000000200. The number of amides is 4. The van der Waals surface area contributed by atoms with Gasteiger partial charge in [0.15, 0.2) is 11.3 Å². The number of hydrogen-bond acceptors (Lipinski definition) is 11. The maximum absolute atomic E-state index is 13.2. The van der Waals surface area contributed by atoms with Crippen LogP contribution in [0, 0.1) is 0 Å². The van der Waals surface area contributed by atoms with Crippen LogP contribution in [0.25, 0.3) is 22.6 Å². The lowest BCUT2D eigenvalue weighted by molar-refractivity contribution is -0.134. The van der Waals surface area contributed by atoms with Gasteiger partial charge in [0, 0.05) is 51.3 Å². The van der Waals surface area contributed by atoms with Crippen molar-refractivity contribution in [1.29, 1.82) is 0 Å². The van der Waals surface area contributed by atoms with Gasteiger partial charge < -0.3 is 25.8 Å². The molecule has 5 aromatic rings. The first-order valence-electron chi connectivity index (χ1n) is 19.7. The molecule has 0 spiro atoms. The molecule has 310 valence electrons. The third kappa shape index (κ3) is 10.2. The lowest BCUT2D eigenvalue weighted by Gasteiger charge is -2.32. The molecule has 59 heavy (non-hydrogen) atoms. The number of halogens is 1. The van der Waals surface area contributed by atoms with Crippen LogP contribution in [-0.4, -0.2) is 108 Å². The number of carbonyl (C=O) groups excluding carboxylic acids is 5. The van der Waals surface area contributed by atoms with E-state index in [1.54, 1.807) is 42.3 Å². The predicted octanol–water partition coefficient (Wildman–Crippen LogP) is 4.12. The van der Waals surface area contributed by atoms with Crippen molar-refractivity contribution < 1.29 is 28.4 Å². The van der Waals surface area contributed by atoms with Gasteiger partial charge in [-0.3, -0.25) is 29.3 Å². The first kappa shape index (κ1) is 42.1. The fraction of sp³-hybridized carbons (Fsp3) is 0.381. The second-order valence-corrected chi connectivity index (χ2v) is 14.8. The minimum absolute atomic E-state index is 0.221. The number of alkyl halides is 1. The van der Waals surface area contributed by atoms with Gasteiger partial charge in [-0.1, -0.05) is 31.0 Å². The molecule has 4 N–H and O–H groups in total. The number of piperidine rings is 1. The summed E-state index contributed by atoms with van der Waals surface area (Å²) in [5, 5.41) is 20.1. The van der Waals surface area contributed by atoms with Gasteiger partial charge in [0.2, 0.25) is 18.2 Å². The molecule has 3 unspecified atom stereocenters. The maximum atomic E-state index is 13.2. The van der Waals surface area contributed by atoms with Crippen molar-refractivity contribution >= 4 is 53.1 Å². The Kier molecular flexibility index (Phi) is 13.8. The first-order valence-corrected chi connectivity index (χ1v) is 19.7. The number of unbranched alkanes of at least 4 members (excludes halogenated alkanes) is 3. The number of nitrogens with zero attached hydrogens (tertiary/aromatic N) is 7. The van der Waals surface area contributed by atoms with Crippen LogP contribution in [0.15, 0.2) is 67.1 Å². The third-order valence-electron chi connectivity index (χ3n) is 10.2. The van der Waals surface area contributed by atoms with Crippen molar-refractivity contribution in [3.8, 4) is 16.9 Å². The Morgan fingerprint density at radius 1 is 1.02 bits per heavy atom. The molecule has 17 heteroatoms. The molecule has 1 saturated heterocycles. The zero-order valence-electron chi connectivity index (χ0n) is 33.7. The summed E-state index contributed by atoms with van der Waals surface area (Å²) < 4.78 is 16.3. The highest BCUT2D eigenvalue weighted by atomic mass is 19.1. The maximum Gasteiger partial charge on any atom is 0.271 e. The van der Waals surface area contributed by atoms with Crippen molar-refractivity contribution in [1.82, 2.24) is 40.3 Å². The minimum Gasteiger partial charge on any atom is -0.385 e. The van der Waals surface area contributed by atoms with Gasteiger partial charge in [0.25, 0.3) is 5.91 Å². The molecule has 7 rings (SSSR count). The van der Waals surface area contributed by atoms with Gasteiger partial charge in [-0.2, -0.15) is 10.2 Å². The molecule has 1 aliphatic heterocycles. The van der Waals surface area contributed by atoms with Crippen LogP contribution in [0.2, 0.25) is 0 Å². The highest BCUT2D eigenvalue weighted by molar-refractivity contribution is 6.04. The first-order chi connectivity index (χ1) is 28.5. The highest BCUT2D eigenvalue weighted by Crippen LogP contribution is 2.32. The van der Waals surface area contributed by atoms with Crippen molar-refractivity contribution in [3.05, 3.63) is 83.9 Å². The number of fused-ring (bicyclic) bond motifs is 1. The number of nitrogens with one attached hydrogen (secondary N) is 4. The molecule has 0 radical (unpaired) electrons. The van der Waals surface area contributed by atoms with Crippen molar-refractivity contribution in [2.45, 2.75) is 69.6 Å². The van der Waals surface area contributed by atoms with Gasteiger partial charge in [-0.05, 0) is 75.2 Å². The monoisotopic (exact) mass is 807 g/mol. The third-order valence-corrected chi connectivity index (χ3v) is 10.2. The summed E-state index contributed by atoms with van der Waals surface area (Å²) in [7, 11) is 7.57. The lowest BCUT2D eigenvalue weighted by atomic mass is 10.0. The number of aromatic nitrogens is 5. The van der Waals surface area contributed by atoms with Crippen LogP contribution in [0.5, 0.6) is 0 Å². The molecule has 2 aliphatic rings. The molecule has 1 aliphatic carbocycles. The van der Waals surface area contributed by atoms with E-state index in [1.165, 1.54) is 40.4 Å². The van der Waals surface area contributed by atoms with E-state index in [9.17, 15) is 28.4 Å². The van der Waals surface area contributed by atoms with E-state index < -0.39 is 30.1 Å². The Morgan fingerprint density at radius 3 is 2.51 bits per heavy atom.